The summed E-state index contributed by atoms with van der Waals surface area (Å²) in [5, 5.41) is 9.05. The number of carbonyl (C=O) groups is 1. The minimum absolute atomic E-state index is 0.193. The maximum Gasteiger partial charge on any atom is 0.310 e. The molecule has 0 aromatic rings. The molecule has 1 aliphatic rings. The molecule has 4 heteroatoms. The van der Waals surface area contributed by atoms with Gasteiger partial charge in [-0.3, -0.25) is 9.69 Å². The van der Waals surface area contributed by atoms with E-state index in [1.165, 1.54) is 0 Å². The van der Waals surface area contributed by atoms with Crippen LogP contribution in [0.1, 0.15) is 27.7 Å². The highest BCUT2D eigenvalue weighted by molar-refractivity contribution is 5.73. The van der Waals surface area contributed by atoms with Crippen molar-refractivity contribution in [2.45, 2.75) is 39.9 Å². The van der Waals surface area contributed by atoms with Crippen LogP contribution in [-0.4, -0.2) is 47.8 Å². The highest BCUT2D eigenvalue weighted by Crippen LogP contribution is 2.20. The van der Waals surface area contributed by atoms with Crippen molar-refractivity contribution >= 4 is 5.97 Å². The van der Waals surface area contributed by atoms with Crippen molar-refractivity contribution in [3.8, 4) is 0 Å². The number of carboxylic acid groups (broad SMARTS) is 1. The third-order valence-corrected chi connectivity index (χ3v) is 2.69. The van der Waals surface area contributed by atoms with E-state index in [2.05, 4.69) is 4.90 Å². The van der Waals surface area contributed by atoms with Gasteiger partial charge in [-0.15, -0.1) is 0 Å². The number of ether oxygens (including phenoxy) is 1. The molecule has 88 valence electrons. The number of nitrogens with zero attached hydrogens (tertiary/aromatic N) is 1. The van der Waals surface area contributed by atoms with E-state index in [1.54, 1.807) is 13.8 Å². The Balaban J connectivity index is 2.54. The van der Waals surface area contributed by atoms with Crippen LogP contribution in [0.5, 0.6) is 0 Å². The Bertz CT molecular complexity index is 230. The standard InChI is InChI=1S/C11H21NO3/c1-8-5-12(6-9(2)15-8)7-11(3,4)10(13)14/h8-9H,5-7H2,1-4H3,(H,13,14). The maximum atomic E-state index is 11.0. The average Bonchev–Trinajstić information content (AvgIpc) is 1.99. The predicted molar refractivity (Wildman–Crippen MR) is 57.9 cm³/mol. The van der Waals surface area contributed by atoms with Gasteiger partial charge in [0.2, 0.25) is 0 Å². The molecule has 2 atom stereocenters. The van der Waals surface area contributed by atoms with E-state index in [-0.39, 0.29) is 12.2 Å². The molecule has 0 spiro atoms. The van der Waals surface area contributed by atoms with E-state index in [9.17, 15) is 4.79 Å². The smallest absolute Gasteiger partial charge is 0.310 e. The Labute approximate surface area is 91.2 Å². The molecular weight excluding hydrogens is 194 g/mol. The van der Waals surface area contributed by atoms with Crippen LogP contribution in [0.15, 0.2) is 0 Å². The van der Waals surface area contributed by atoms with Crippen molar-refractivity contribution < 1.29 is 14.6 Å². The lowest BCUT2D eigenvalue weighted by Crippen LogP contribution is -2.50. The zero-order valence-electron chi connectivity index (χ0n) is 9.99. The summed E-state index contributed by atoms with van der Waals surface area (Å²) in [6.07, 6.45) is 0.386. The third kappa shape index (κ3) is 3.47. The van der Waals surface area contributed by atoms with E-state index >= 15 is 0 Å². The lowest BCUT2D eigenvalue weighted by Gasteiger charge is -2.38. The van der Waals surface area contributed by atoms with Crippen molar-refractivity contribution in [1.29, 1.82) is 0 Å². The molecule has 1 rings (SSSR count). The fourth-order valence-electron chi connectivity index (χ4n) is 2.04. The van der Waals surface area contributed by atoms with Crippen LogP contribution >= 0.6 is 0 Å². The van der Waals surface area contributed by atoms with Crippen molar-refractivity contribution in [3.05, 3.63) is 0 Å². The molecule has 1 heterocycles. The second-order valence-electron chi connectivity index (χ2n) is 5.14. The number of rotatable bonds is 3. The van der Waals surface area contributed by atoms with Gasteiger partial charge >= 0.3 is 5.97 Å². The number of morpholine rings is 1. The van der Waals surface area contributed by atoms with Gasteiger partial charge in [0, 0.05) is 19.6 Å². The van der Waals surface area contributed by atoms with Crippen LogP contribution in [0.2, 0.25) is 0 Å². The second-order valence-corrected chi connectivity index (χ2v) is 5.14. The SMILES string of the molecule is CC1CN(CC(C)(C)C(=O)O)CC(C)O1. The minimum atomic E-state index is -0.741. The topological polar surface area (TPSA) is 49.8 Å². The molecular formula is C11H21NO3. The van der Waals surface area contributed by atoms with Crippen LogP contribution in [-0.2, 0) is 9.53 Å². The quantitative estimate of drug-likeness (QED) is 0.768. The number of carboxylic acids is 1. The van der Waals surface area contributed by atoms with Gasteiger partial charge in [0.15, 0.2) is 0 Å². The van der Waals surface area contributed by atoms with E-state index < -0.39 is 11.4 Å². The van der Waals surface area contributed by atoms with Crippen LogP contribution in [0, 0.1) is 5.41 Å². The van der Waals surface area contributed by atoms with Gasteiger partial charge in [0.1, 0.15) is 0 Å². The van der Waals surface area contributed by atoms with Crippen LogP contribution in [0.4, 0.5) is 0 Å². The Morgan fingerprint density at radius 1 is 1.40 bits per heavy atom. The lowest BCUT2D eigenvalue weighted by molar-refractivity contribution is -0.150. The van der Waals surface area contributed by atoms with Gasteiger partial charge in [-0.25, -0.2) is 0 Å². The highest BCUT2D eigenvalue weighted by Gasteiger charge is 2.32. The van der Waals surface area contributed by atoms with E-state index in [4.69, 9.17) is 9.84 Å². The van der Waals surface area contributed by atoms with Gasteiger partial charge < -0.3 is 9.84 Å². The predicted octanol–water partition coefficient (Wildman–Crippen LogP) is 1.21. The Hall–Kier alpha value is -0.610. The fraction of sp³-hybridized carbons (Fsp3) is 0.909. The molecule has 0 radical (unpaired) electrons. The molecule has 1 saturated heterocycles. The van der Waals surface area contributed by atoms with Gasteiger partial charge in [-0.2, -0.15) is 0 Å². The van der Waals surface area contributed by atoms with Crippen molar-refractivity contribution in [2.24, 2.45) is 5.41 Å². The molecule has 2 unspecified atom stereocenters. The molecule has 0 aliphatic carbocycles. The second kappa shape index (κ2) is 4.49. The maximum absolute atomic E-state index is 11.0. The Morgan fingerprint density at radius 2 is 1.87 bits per heavy atom. The first kappa shape index (κ1) is 12.5. The first-order valence-corrected chi connectivity index (χ1v) is 5.42. The minimum Gasteiger partial charge on any atom is -0.481 e. The van der Waals surface area contributed by atoms with Gasteiger partial charge in [-0.05, 0) is 27.7 Å². The summed E-state index contributed by atoms with van der Waals surface area (Å²) in [5.41, 5.74) is -0.684. The molecule has 1 fully saturated rings. The van der Waals surface area contributed by atoms with Gasteiger partial charge in [0.25, 0.3) is 0 Å². The zero-order valence-corrected chi connectivity index (χ0v) is 9.99. The van der Waals surface area contributed by atoms with Crippen molar-refractivity contribution in [2.75, 3.05) is 19.6 Å². The van der Waals surface area contributed by atoms with Crippen molar-refractivity contribution in [3.63, 3.8) is 0 Å². The number of hydrogen-bond acceptors (Lipinski definition) is 3. The monoisotopic (exact) mass is 215 g/mol. The van der Waals surface area contributed by atoms with E-state index in [0.29, 0.717) is 6.54 Å². The summed E-state index contributed by atoms with van der Waals surface area (Å²) in [6, 6.07) is 0. The summed E-state index contributed by atoms with van der Waals surface area (Å²) in [5.74, 6) is -0.741. The van der Waals surface area contributed by atoms with E-state index in [0.717, 1.165) is 13.1 Å². The summed E-state index contributed by atoms with van der Waals surface area (Å²) in [7, 11) is 0. The number of aliphatic carboxylic acids is 1. The highest BCUT2D eigenvalue weighted by atomic mass is 16.5. The zero-order chi connectivity index (χ0) is 11.6. The van der Waals surface area contributed by atoms with Crippen LogP contribution in [0.3, 0.4) is 0 Å². The molecule has 1 N–H and O–H groups in total. The molecule has 4 nitrogen and oxygen atoms in total. The van der Waals surface area contributed by atoms with Crippen molar-refractivity contribution in [1.82, 2.24) is 4.90 Å². The Kier molecular flexibility index (Phi) is 3.73. The van der Waals surface area contributed by atoms with Crippen LogP contribution in [0.25, 0.3) is 0 Å². The molecule has 1 aliphatic heterocycles. The summed E-state index contributed by atoms with van der Waals surface area (Å²) < 4.78 is 5.60. The largest absolute Gasteiger partial charge is 0.481 e. The summed E-state index contributed by atoms with van der Waals surface area (Å²) in [4.78, 5) is 13.2. The number of hydrogen-bond donors (Lipinski definition) is 1. The normalized spacial score (nSPS) is 29.1. The molecule has 0 amide bonds. The third-order valence-electron chi connectivity index (χ3n) is 2.69. The van der Waals surface area contributed by atoms with E-state index in [1.807, 2.05) is 13.8 Å². The van der Waals surface area contributed by atoms with Gasteiger partial charge in [-0.1, -0.05) is 0 Å². The average molecular weight is 215 g/mol. The first-order chi connectivity index (χ1) is 6.81. The lowest BCUT2D eigenvalue weighted by atomic mass is 9.92. The molecule has 0 aromatic carbocycles. The molecule has 15 heavy (non-hydrogen) atoms. The first-order valence-electron chi connectivity index (χ1n) is 5.42. The molecule has 0 aromatic heterocycles. The molecule has 0 bridgehead atoms. The van der Waals surface area contributed by atoms with Crippen LogP contribution < -0.4 is 0 Å². The van der Waals surface area contributed by atoms with Gasteiger partial charge in [0.05, 0.1) is 17.6 Å². The summed E-state index contributed by atoms with van der Waals surface area (Å²) >= 11 is 0. The molecule has 0 saturated carbocycles. The summed E-state index contributed by atoms with van der Waals surface area (Å²) in [6.45, 7) is 9.80. The fourth-order valence-corrected chi connectivity index (χ4v) is 2.04. The Morgan fingerprint density at radius 3 is 2.27 bits per heavy atom.